The van der Waals surface area contributed by atoms with Gasteiger partial charge >= 0.3 is 0 Å². The fourth-order valence-electron chi connectivity index (χ4n) is 2.24. The Kier molecular flexibility index (Phi) is 4.17. The van der Waals surface area contributed by atoms with Gasteiger partial charge in [0.1, 0.15) is 11.9 Å². The molecule has 0 radical (unpaired) electrons. The van der Waals surface area contributed by atoms with Gasteiger partial charge in [-0.3, -0.25) is 0 Å². The zero-order chi connectivity index (χ0) is 13.9. The van der Waals surface area contributed by atoms with Gasteiger partial charge in [0.2, 0.25) is 0 Å². The molecule has 20 heavy (non-hydrogen) atoms. The number of nitrogens with zero attached hydrogens (tertiary/aromatic N) is 2. The van der Waals surface area contributed by atoms with Crippen LogP contribution in [0.15, 0.2) is 6.20 Å². The third-order valence-electron chi connectivity index (χ3n) is 3.68. The Balaban J connectivity index is 1.74. The number of hydrogen-bond donors (Lipinski definition) is 1. The quantitative estimate of drug-likeness (QED) is 0.862. The third-order valence-corrected chi connectivity index (χ3v) is 3.68. The first kappa shape index (κ1) is 13.8. The first-order valence-corrected chi connectivity index (χ1v) is 7.56. The molecule has 2 fully saturated rings. The average Bonchev–Trinajstić information content (AvgIpc) is 3.13. The van der Waals surface area contributed by atoms with Crippen LogP contribution in [0.5, 0.6) is 5.75 Å². The SMILES string of the molecule is CC(C)c1ncc(OC2CCOC2)c(CNC2CC2)n1. The molecule has 1 aliphatic carbocycles. The van der Waals surface area contributed by atoms with Crippen molar-refractivity contribution < 1.29 is 9.47 Å². The molecular weight excluding hydrogens is 254 g/mol. The number of hydrogen-bond acceptors (Lipinski definition) is 5. The van der Waals surface area contributed by atoms with Crippen LogP contribution >= 0.6 is 0 Å². The predicted octanol–water partition coefficient (Wildman–Crippen LogP) is 2.02. The Hall–Kier alpha value is -1.20. The molecule has 2 heterocycles. The normalized spacial score (nSPS) is 22.4. The Labute approximate surface area is 120 Å². The van der Waals surface area contributed by atoms with E-state index in [1.165, 1.54) is 12.8 Å². The van der Waals surface area contributed by atoms with Gasteiger partial charge in [-0.15, -0.1) is 0 Å². The zero-order valence-electron chi connectivity index (χ0n) is 12.3. The van der Waals surface area contributed by atoms with E-state index in [9.17, 15) is 0 Å². The maximum absolute atomic E-state index is 6.00. The Morgan fingerprint density at radius 1 is 1.40 bits per heavy atom. The first-order valence-electron chi connectivity index (χ1n) is 7.56. The lowest BCUT2D eigenvalue weighted by atomic mass is 10.2. The summed E-state index contributed by atoms with van der Waals surface area (Å²) in [5.41, 5.74) is 0.975. The molecule has 0 aromatic carbocycles. The maximum atomic E-state index is 6.00. The molecule has 5 nitrogen and oxygen atoms in total. The van der Waals surface area contributed by atoms with Crippen molar-refractivity contribution in [3.05, 3.63) is 17.7 Å². The van der Waals surface area contributed by atoms with Crippen molar-refractivity contribution in [2.75, 3.05) is 13.2 Å². The summed E-state index contributed by atoms with van der Waals surface area (Å²) in [4.78, 5) is 9.09. The molecular formula is C15H23N3O2. The van der Waals surface area contributed by atoms with Gasteiger partial charge in [-0.05, 0) is 12.8 Å². The van der Waals surface area contributed by atoms with Crippen molar-refractivity contribution in [1.29, 1.82) is 0 Å². The second-order valence-corrected chi connectivity index (χ2v) is 5.95. The van der Waals surface area contributed by atoms with Crippen molar-refractivity contribution in [2.45, 2.75) is 57.7 Å². The smallest absolute Gasteiger partial charge is 0.160 e. The van der Waals surface area contributed by atoms with Crippen LogP contribution in [0, 0.1) is 0 Å². The second-order valence-electron chi connectivity index (χ2n) is 5.95. The minimum Gasteiger partial charge on any atom is -0.484 e. The molecule has 5 heteroatoms. The van der Waals surface area contributed by atoms with E-state index in [1.807, 2.05) is 6.20 Å². The summed E-state index contributed by atoms with van der Waals surface area (Å²) in [7, 11) is 0. The molecule has 1 unspecified atom stereocenters. The molecule has 1 aromatic heterocycles. The Morgan fingerprint density at radius 3 is 2.90 bits per heavy atom. The highest BCUT2D eigenvalue weighted by Crippen LogP contribution is 2.24. The molecule has 1 aromatic rings. The standard InChI is InChI=1S/C15H23N3O2/c1-10(2)15-17-8-14(20-12-5-6-19-9-12)13(18-15)7-16-11-3-4-11/h8,10-12,16H,3-7,9H2,1-2H3. The fourth-order valence-corrected chi connectivity index (χ4v) is 2.24. The Morgan fingerprint density at radius 2 is 2.25 bits per heavy atom. The van der Waals surface area contributed by atoms with E-state index in [4.69, 9.17) is 9.47 Å². The highest BCUT2D eigenvalue weighted by atomic mass is 16.5. The fraction of sp³-hybridized carbons (Fsp3) is 0.733. The van der Waals surface area contributed by atoms with Crippen LogP contribution in [0.3, 0.4) is 0 Å². The molecule has 0 spiro atoms. The van der Waals surface area contributed by atoms with Crippen LogP contribution in [0.1, 0.15) is 50.5 Å². The third kappa shape index (κ3) is 3.46. The number of nitrogens with one attached hydrogen (secondary N) is 1. The summed E-state index contributed by atoms with van der Waals surface area (Å²) in [6, 6.07) is 0.662. The summed E-state index contributed by atoms with van der Waals surface area (Å²) < 4.78 is 11.4. The number of aromatic nitrogens is 2. The molecule has 3 rings (SSSR count). The van der Waals surface area contributed by atoms with Crippen LogP contribution in [0.2, 0.25) is 0 Å². The van der Waals surface area contributed by atoms with E-state index in [0.29, 0.717) is 18.6 Å². The van der Waals surface area contributed by atoms with Crippen LogP contribution in [0.25, 0.3) is 0 Å². The van der Waals surface area contributed by atoms with E-state index in [1.54, 1.807) is 0 Å². The molecule has 1 saturated carbocycles. The van der Waals surface area contributed by atoms with Gasteiger partial charge in [-0.25, -0.2) is 9.97 Å². The molecule has 1 atom stereocenters. The summed E-state index contributed by atoms with van der Waals surface area (Å²) in [6.07, 6.45) is 5.46. The summed E-state index contributed by atoms with van der Waals surface area (Å²) in [5, 5.41) is 3.50. The molecule has 1 N–H and O–H groups in total. The van der Waals surface area contributed by atoms with Gasteiger partial charge in [0.15, 0.2) is 5.75 Å². The van der Waals surface area contributed by atoms with Crippen molar-refractivity contribution >= 4 is 0 Å². The number of rotatable bonds is 6. The van der Waals surface area contributed by atoms with Crippen LogP contribution < -0.4 is 10.1 Å². The van der Waals surface area contributed by atoms with E-state index >= 15 is 0 Å². The largest absolute Gasteiger partial charge is 0.484 e. The van der Waals surface area contributed by atoms with Gasteiger partial charge in [0.25, 0.3) is 0 Å². The zero-order valence-corrected chi connectivity index (χ0v) is 12.3. The van der Waals surface area contributed by atoms with Gasteiger partial charge in [0.05, 0.1) is 25.1 Å². The van der Waals surface area contributed by atoms with E-state index in [-0.39, 0.29) is 6.10 Å². The molecule has 1 aliphatic heterocycles. The van der Waals surface area contributed by atoms with Gasteiger partial charge in [-0.1, -0.05) is 13.8 Å². The molecule has 1 saturated heterocycles. The van der Waals surface area contributed by atoms with Crippen molar-refractivity contribution in [1.82, 2.24) is 15.3 Å². The molecule has 110 valence electrons. The molecule has 2 aliphatic rings. The highest BCUT2D eigenvalue weighted by molar-refractivity contribution is 5.26. The first-order chi connectivity index (χ1) is 9.72. The van der Waals surface area contributed by atoms with Crippen molar-refractivity contribution in [3.63, 3.8) is 0 Å². The molecule has 0 bridgehead atoms. The van der Waals surface area contributed by atoms with E-state index in [2.05, 4.69) is 29.1 Å². The van der Waals surface area contributed by atoms with Gasteiger partial charge < -0.3 is 14.8 Å². The average molecular weight is 277 g/mol. The van der Waals surface area contributed by atoms with Gasteiger partial charge in [-0.2, -0.15) is 0 Å². The highest BCUT2D eigenvalue weighted by Gasteiger charge is 2.23. The lowest BCUT2D eigenvalue weighted by Gasteiger charge is -2.16. The van der Waals surface area contributed by atoms with Crippen LogP contribution in [0.4, 0.5) is 0 Å². The second kappa shape index (κ2) is 6.06. The van der Waals surface area contributed by atoms with Crippen molar-refractivity contribution in [3.8, 4) is 5.75 Å². The summed E-state index contributed by atoms with van der Waals surface area (Å²) in [6.45, 7) is 6.43. The van der Waals surface area contributed by atoms with E-state index < -0.39 is 0 Å². The van der Waals surface area contributed by atoms with E-state index in [0.717, 1.165) is 36.8 Å². The summed E-state index contributed by atoms with van der Waals surface area (Å²) in [5.74, 6) is 2.02. The van der Waals surface area contributed by atoms with Crippen LogP contribution in [-0.4, -0.2) is 35.3 Å². The lowest BCUT2D eigenvalue weighted by molar-refractivity contribution is 0.139. The topological polar surface area (TPSA) is 56.3 Å². The summed E-state index contributed by atoms with van der Waals surface area (Å²) >= 11 is 0. The predicted molar refractivity (Wildman–Crippen MR) is 75.8 cm³/mol. The maximum Gasteiger partial charge on any atom is 0.160 e. The lowest BCUT2D eigenvalue weighted by Crippen LogP contribution is -2.21. The van der Waals surface area contributed by atoms with Gasteiger partial charge in [0, 0.05) is 24.9 Å². The molecule has 0 amide bonds. The minimum absolute atomic E-state index is 0.142. The van der Waals surface area contributed by atoms with Crippen molar-refractivity contribution in [2.24, 2.45) is 0 Å². The number of ether oxygens (including phenoxy) is 2. The minimum atomic E-state index is 0.142. The van der Waals surface area contributed by atoms with Crippen LogP contribution in [-0.2, 0) is 11.3 Å². The monoisotopic (exact) mass is 277 g/mol. The Bertz CT molecular complexity index is 454.